The highest BCUT2D eigenvalue weighted by atomic mass is 16.5. The monoisotopic (exact) mass is 364 g/mol. The Morgan fingerprint density at radius 1 is 1.19 bits per heavy atom. The maximum atomic E-state index is 12.8. The van der Waals surface area contributed by atoms with Gasteiger partial charge in [-0.15, -0.1) is 0 Å². The number of rotatable bonds is 4. The van der Waals surface area contributed by atoms with Crippen LogP contribution >= 0.6 is 0 Å². The third-order valence-electron chi connectivity index (χ3n) is 6.08. The van der Waals surface area contributed by atoms with Crippen LogP contribution in [0.5, 0.6) is 5.75 Å². The minimum atomic E-state index is 0.00610. The third-order valence-corrected chi connectivity index (χ3v) is 6.08. The number of nitrogens with one attached hydrogen (secondary N) is 1. The second kappa shape index (κ2) is 7.35. The average molecular weight is 364 g/mol. The second-order valence-electron chi connectivity index (χ2n) is 8.09. The van der Waals surface area contributed by atoms with Gasteiger partial charge in [0.25, 0.3) is 5.91 Å². The number of amides is 1. The SMILES string of the molecule is C[C@@H]1Cc2cc(C(=O)NCC3(c4ccccc4)CCN(C)CC3)ccc2O1. The molecule has 2 aliphatic rings. The van der Waals surface area contributed by atoms with E-state index < -0.39 is 0 Å². The molecule has 4 nitrogen and oxygen atoms in total. The van der Waals surface area contributed by atoms with Crippen molar-refractivity contribution < 1.29 is 9.53 Å². The van der Waals surface area contributed by atoms with Gasteiger partial charge in [0.1, 0.15) is 11.9 Å². The largest absolute Gasteiger partial charge is 0.490 e. The summed E-state index contributed by atoms with van der Waals surface area (Å²) in [5, 5.41) is 3.23. The molecule has 0 unspecified atom stereocenters. The number of likely N-dealkylation sites (tertiary alicyclic amines) is 1. The van der Waals surface area contributed by atoms with Gasteiger partial charge < -0.3 is 15.0 Å². The zero-order chi connectivity index (χ0) is 18.9. The van der Waals surface area contributed by atoms with Crippen molar-refractivity contribution >= 4 is 5.91 Å². The maximum absolute atomic E-state index is 12.8. The molecule has 1 amide bonds. The molecule has 0 saturated carbocycles. The highest BCUT2D eigenvalue weighted by Crippen LogP contribution is 2.35. The van der Waals surface area contributed by atoms with Gasteiger partial charge in [-0.1, -0.05) is 30.3 Å². The smallest absolute Gasteiger partial charge is 0.251 e. The van der Waals surface area contributed by atoms with Gasteiger partial charge in [-0.2, -0.15) is 0 Å². The molecule has 4 rings (SSSR count). The fourth-order valence-corrected chi connectivity index (χ4v) is 4.32. The molecule has 2 aromatic rings. The average Bonchev–Trinajstić information content (AvgIpc) is 3.07. The Bertz CT molecular complexity index is 810. The van der Waals surface area contributed by atoms with Crippen molar-refractivity contribution in [1.29, 1.82) is 0 Å². The van der Waals surface area contributed by atoms with Crippen molar-refractivity contribution in [3.05, 3.63) is 65.2 Å². The first kappa shape index (κ1) is 18.1. The predicted molar refractivity (Wildman–Crippen MR) is 107 cm³/mol. The van der Waals surface area contributed by atoms with Gasteiger partial charge in [0.05, 0.1) is 0 Å². The standard InChI is InChI=1S/C23H28N2O2/c1-17-14-19-15-18(8-9-21(19)27-17)22(26)24-16-23(10-12-25(2)13-11-23)20-6-4-3-5-7-20/h3-9,15,17H,10-14,16H2,1-2H3,(H,24,26)/t17-/m1/s1. The molecule has 2 heterocycles. The molecular weight excluding hydrogens is 336 g/mol. The van der Waals surface area contributed by atoms with Crippen LogP contribution in [0.4, 0.5) is 0 Å². The van der Waals surface area contributed by atoms with Crippen LogP contribution in [0.1, 0.15) is 41.3 Å². The molecule has 0 aromatic heterocycles. The minimum absolute atomic E-state index is 0.00610. The fraction of sp³-hybridized carbons (Fsp3) is 0.435. The molecule has 0 spiro atoms. The maximum Gasteiger partial charge on any atom is 0.251 e. The Kier molecular flexibility index (Phi) is 4.92. The molecule has 142 valence electrons. The predicted octanol–water partition coefficient (Wildman–Crippen LogP) is 3.40. The Hall–Kier alpha value is -2.33. The second-order valence-corrected chi connectivity index (χ2v) is 8.09. The minimum Gasteiger partial charge on any atom is -0.490 e. The first-order chi connectivity index (χ1) is 13.1. The Morgan fingerprint density at radius 2 is 1.93 bits per heavy atom. The molecule has 1 atom stereocenters. The number of hydrogen-bond acceptors (Lipinski definition) is 3. The van der Waals surface area contributed by atoms with Gasteiger partial charge in [-0.3, -0.25) is 4.79 Å². The summed E-state index contributed by atoms with van der Waals surface area (Å²) in [6, 6.07) is 16.4. The number of nitrogens with zero attached hydrogens (tertiary/aromatic N) is 1. The number of fused-ring (bicyclic) bond motifs is 1. The van der Waals surface area contributed by atoms with Crippen LogP contribution in [0.2, 0.25) is 0 Å². The van der Waals surface area contributed by atoms with Crippen LogP contribution in [0.3, 0.4) is 0 Å². The van der Waals surface area contributed by atoms with E-state index in [4.69, 9.17) is 4.74 Å². The van der Waals surface area contributed by atoms with Crippen LogP contribution in [0.15, 0.2) is 48.5 Å². The molecule has 4 heteroatoms. The molecule has 27 heavy (non-hydrogen) atoms. The number of hydrogen-bond donors (Lipinski definition) is 1. The summed E-state index contributed by atoms with van der Waals surface area (Å²) in [4.78, 5) is 15.2. The van der Waals surface area contributed by atoms with Crippen LogP contribution < -0.4 is 10.1 Å². The van der Waals surface area contributed by atoms with Gasteiger partial charge >= 0.3 is 0 Å². The van der Waals surface area contributed by atoms with Crippen molar-refractivity contribution in [2.75, 3.05) is 26.7 Å². The quantitative estimate of drug-likeness (QED) is 0.904. The van der Waals surface area contributed by atoms with E-state index in [0.29, 0.717) is 6.54 Å². The van der Waals surface area contributed by atoms with Gasteiger partial charge in [-0.05, 0) is 69.2 Å². The number of benzene rings is 2. The number of ether oxygens (including phenoxy) is 1. The Morgan fingerprint density at radius 3 is 2.67 bits per heavy atom. The van der Waals surface area contributed by atoms with Crippen molar-refractivity contribution in [3.63, 3.8) is 0 Å². The van der Waals surface area contributed by atoms with Crippen molar-refractivity contribution in [1.82, 2.24) is 10.2 Å². The summed E-state index contributed by atoms with van der Waals surface area (Å²) in [7, 11) is 2.17. The van der Waals surface area contributed by atoms with E-state index in [-0.39, 0.29) is 17.4 Å². The summed E-state index contributed by atoms with van der Waals surface area (Å²) in [5.74, 6) is 0.918. The van der Waals surface area contributed by atoms with Crippen LogP contribution in [0.25, 0.3) is 0 Å². The summed E-state index contributed by atoms with van der Waals surface area (Å²) in [5.41, 5.74) is 3.20. The van der Waals surface area contributed by atoms with Gasteiger partial charge in [0.2, 0.25) is 0 Å². The highest BCUT2D eigenvalue weighted by Gasteiger charge is 2.35. The van der Waals surface area contributed by atoms with Gasteiger partial charge in [0.15, 0.2) is 0 Å². The topological polar surface area (TPSA) is 41.6 Å². The van der Waals surface area contributed by atoms with Crippen molar-refractivity contribution in [2.24, 2.45) is 0 Å². The third kappa shape index (κ3) is 3.72. The van der Waals surface area contributed by atoms with Gasteiger partial charge in [0, 0.05) is 23.9 Å². The normalized spacial score (nSPS) is 21.3. The summed E-state index contributed by atoms with van der Waals surface area (Å²) < 4.78 is 5.74. The molecular formula is C23H28N2O2. The molecule has 0 bridgehead atoms. The van der Waals surface area contributed by atoms with Crippen molar-refractivity contribution in [3.8, 4) is 5.75 Å². The Labute approximate surface area is 161 Å². The number of carbonyl (C=O) groups excluding carboxylic acids is 1. The summed E-state index contributed by atoms with van der Waals surface area (Å²) >= 11 is 0. The van der Waals surface area contributed by atoms with E-state index in [1.54, 1.807) is 0 Å². The molecule has 2 aliphatic heterocycles. The zero-order valence-electron chi connectivity index (χ0n) is 16.2. The molecule has 0 radical (unpaired) electrons. The lowest BCUT2D eigenvalue weighted by molar-refractivity contribution is 0.0927. The van der Waals surface area contributed by atoms with E-state index in [9.17, 15) is 4.79 Å². The van der Waals surface area contributed by atoms with E-state index in [1.165, 1.54) is 5.56 Å². The molecule has 1 saturated heterocycles. The highest BCUT2D eigenvalue weighted by molar-refractivity contribution is 5.94. The number of carbonyl (C=O) groups is 1. The van der Waals surface area contributed by atoms with E-state index in [1.807, 2.05) is 18.2 Å². The first-order valence-electron chi connectivity index (χ1n) is 9.88. The van der Waals surface area contributed by atoms with Gasteiger partial charge in [-0.25, -0.2) is 0 Å². The van der Waals surface area contributed by atoms with Crippen LogP contribution in [0, 0.1) is 0 Å². The molecule has 0 aliphatic carbocycles. The van der Waals surface area contributed by atoms with Crippen LogP contribution in [-0.4, -0.2) is 43.6 Å². The Balaban J connectivity index is 1.50. The zero-order valence-corrected chi connectivity index (χ0v) is 16.2. The van der Waals surface area contributed by atoms with Crippen LogP contribution in [-0.2, 0) is 11.8 Å². The van der Waals surface area contributed by atoms with E-state index in [0.717, 1.165) is 49.2 Å². The lowest BCUT2D eigenvalue weighted by Gasteiger charge is -2.41. The van der Waals surface area contributed by atoms with Crippen molar-refractivity contribution in [2.45, 2.75) is 37.7 Å². The lowest BCUT2D eigenvalue weighted by atomic mass is 9.72. The lowest BCUT2D eigenvalue weighted by Crippen LogP contribution is -2.48. The summed E-state index contributed by atoms with van der Waals surface area (Å²) in [6.45, 7) is 4.84. The molecule has 1 N–H and O–H groups in total. The number of piperidine rings is 1. The molecule has 2 aromatic carbocycles. The molecule has 1 fully saturated rings. The van der Waals surface area contributed by atoms with E-state index in [2.05, 4.69) is 54.5 Å². The first-order valence-corrected chi connectivity index (χ1v) is 9.88. The summed E-state index contributed by atoms with van der Waals surface area (Å²) in [6.07, 6.45) is 3.18. The van der Waals surface area contributed by atoms with E-state index >= 15 is 0 Å². The fourth-order valence-electron chi connectivity index (χ4n) is 4.32.